The van der Waals surface area contributed by atoms with Gasteiger partial charge in [-0.1, -0.05) is 354 Å². The van der Waals surface area contributed by atoms with E-state index in [1.807, 2.05) is 0 Å². The number of aliphatic hydroxyl groups is 2. The smallest absolute Gasteiger partial charge is 0.305 e. The van der Waals surface area contributed by atoms with E-state index in [1.54, 1.807) is 0 Å². The summed E-state index contributed by atoms with van der Waals surface area (Å²) in [6.45, 7) is 5.00. The Kier molecular flexibility index (Phi) is 62.4. The molecule has 3 N–H and O–H groups in total. The highest BCUT2D eigenvalue weighted by Crippen LogP contribution is 2.19. The maximum absolute atomic E-state index is 12.5. The van der Waals surface area contributed by atoms with Crippen molar-refractivity contribution >= 4 is 11.9 Å². The zero-order chi connectivity index (χ0) is 52.9. The van der Waals surface area contributed by atoms with E-state index in [-0.39, 0.29) is 18.5 Å². The van der Waals surface area contributed by atoms with Gasteiger partial charge in [0.15, 0.2) is 0 Å². The number of aliphatic hydroxyl groups excluding tert-OH is 2. The molecule has 73 heavy (non-hydrogen) atoms. The van der Waals surface area contributed by atoms with Crippen LogP contribution >= 0.6 is 0 Å². The fraction of sp³-hybridized carbons (Fsp3) is 0.970. The van der Waals surface area contributed by atoms with Crippen molar-refractivity contribution in [3.63, 3.8) is 0 Å². The van der Waals surface area contributed by atoms with Crippen LogP contribution in [0.1, 0.15) is 393 Å². The number of carbonyl (C=O) groups excluding carboxylic acids is 2. The first-order valence-electron chi connectivity index (χ1n) is 33.8. The number of rotatable bonds is 64. The lowest BCUT2D eigenvalue weighted by Crippen LogP contribution is -2.45. The van der Waals surface area contributed by atoms with Crippen molar-refractivity contribution in [3.05, 3.63) is 0 Å². The average molecular weight is 1030 g/mol. The molecule has 0 spiro atoms. The summed E-state index contributed by atoms with van der Waals surface area (Å²) in [7, 11) is 0. The largest absolute Gasteiger partial charge is 0.466 e. The zero-order valence-corrected chi connectivity index (χ0v) is 49.9. The Balaban J connectivity index is 3.35. The highest BCUT2D eigenvalue weighted by molar-refractivity contribution is 5.76. The maximum atomic E-state index is 12.5. The van der Waals surface area contributed by atoms with Gasteiger partial charge in [0.1, 0.15) is 0 Å². The number of hydrogen-bond acceptors (Lipinski definition) is 5. The van der Waals surface area contributed by atoms with E-state index in [0.29, 0.717) is 25.9 Å². The first-order chi connectivity index (χ1) is 36.0. The number of carbonyl (C=O) groups is 2. The Morgan fingerprint density at radius 3 is 0.836 bits per heavy atom. The molecule has 2 unspecified atom stereocenters. The minimum absolute atomic E-state index is 0.0192. The van der Waals surface area contributed by atoms with E-state index >= 15 is 0 Å². The number of esters is 1. The third-order valence-corrected chi connectivity index (χ3v) is 16.2. The van der Waals surface area contributed by atoms with Crippen LogP contribution in [-0.2, 0) is 14.3 Å². The lowest BCUT2D eigenvalue weighted by molar-refractivity contribution is -0.143. The van der Waals surface area contributed by atoms with Gasteiger partial charge in [-0.3, -0.25) is 9.59 Å². The summed E-state index contributed by atoms with van der Waals surface area (Å²) in [5, 5.41) is 23.4. The van der Waals surface area contributed by atoms with Crippen LogP contribution in [0.2, 0.25) is 0 Å². The molecule has 0 aliphatic heterocycles. The van der Waals surface area contributed by atoms with Gasteiger partial charge in [-0.2, -0.15) is 0 Å². The van der Waals surface area contributed by atoms with Gasteiger partial charge in [-0.15, -0.1) is 0 Å². The van der Waals surface area contributed by atoms with Gasteiger partial charge in [0.05, 0.1) is 25.4 Å². The highest BCUT2D eigenvalue weighted by atomic mass is 16.5. The van der Waals surface area contributed by atoms with Gasteiger partial charge in [0.2, 0.25) is 5.91 Å². The van der Waals surface area contributed by atoms with Gasteiger partial charge >= 0.3 is 5.97 Å². The predicted molar refractivity (Wildman–Crippen MR) is 320 cm³/mol. The summed E-state index contributed by atoms with van der Waals surface area (Å²) in [6.07, 6.45) is 75.6. The molecule has 0 saturated heterocycles. The molecule has 2 atom stereocenters. The Labute approximate surface area is 457 Å². The molecule has 0 aromatic heterocycles. The Morgan fingerprint density at radius 1 is 0.329 bits per heavy atom. The molecule has 6 heteroatoms. The van der Waals surface area contributed by atoms with Gasteiger partial charge in [0.25, 0.3) is 0 Å². The van der Waals surface area contributed by atoms with E-state index in [0.717, 1.165) is 38.5 Å². The first kappa shape index (κ1) is 71.9. The summed E-state index contributed by atoms with van der Waals surface area (Å²) >= 11 is 0. The second-order valence-corrected chi connectivity index (χ2v) is 23.5. The number of nitrogens with one attached hydrogen (secondary N) is 1. The molecule has 1 amide bonds. The standard InChI is InChI=1S/C67H133NO5/c1-3-5-7-9-11-13-15-17-18-19-29-32-36-39-43-47-51-55-59-65(70)64(63-69)68-66(71)60-56-52-48-44-40-37-33-30-27-25-23-21-20-22-24-26-28-31-34-38-42-46-50-54-58-62-73-67(72)61-57-53-49-45-41-35-16-14-12-10-8-6-4-2/h64-65,69-70H,3-63H2,1-2H3,(H,68,71). The van der Waals surface area contributed by atoms with Crippen LogP contribution in [0, 0.1) is 0 Å². The van der Waals surface area contributed by atoms with E-state index in [4.69, 9.17) is 4.74 Å². The number of amides is 1. The summed E-state index contributed by atoms with van der Waals surface area (Å²) < 4.78 is 5.49. The van der Waals surface area contributed by atoms with Crippen molar-refractivity contribution in [2.45, 2.75) is 405 Å². The fourth-order valence-corrected chi connectivity index (χ4v) is 11.0. The van der Waals surface area contributed by atoms with E-state index in [1.165, 1.54) is 321 Å². The Morgan fingerprint density at radius 2 is 0.562 bits per heavy atom. The summed E-state index contributed by atoms with van der Waals surface area (Å²) in [6, 6.07) is -0.539. The van der Waals surface area contributed by atoms with E-state index in [2.05, 4.69) is 19.2 Å². The number of hydrogen-bond donors (Lipinski definition) is 3. The van der Waals surface area contributed by atoms with E-state index in [9.17, 15) is 19.8 Å². The lowest BCUT2D eigenvalue weighted by atomic mass is 10.0. The molecule has 0 bridgehead atoms. The molecule has 6 nitrogen and oxygen atoms in total. The first-order valence-corrected chi connectivity index (χ1v) is 33.8. The van der Waals surface area contributed by atoms with Crippen LogP contribution in [0.4, 0.5) is 0 Å². The monoisotopic (exact) mass is 1030 g/mol. The number of ether oxygens (including phenoxy) is 1. The minimum Gasteiger partial charge on any atom is -0.466 e. The Hall–Kier alpha value is -1.14. The quantitative estimate of drug-likeness (QED) is 0.0417. The zero-order valence-electron chi connectivity index (χ0n) is 49.9. The molecule has 436 valence electrons. The maximum Gasteiger partial charge on any atom is 0.305 e. The molecule has 0 radical (unpaired) electrons. The minimum atomic E-state index is -0.662. The highest BCUT2D eigenvalue weighted by Gasteiger charge is 2.20. The third kappa shape index (κ3) is 60.0. The van der Waals surface area contributed by atoms with Crippen LogP contribution in [0.5, 0.6) is 0 Å². The van der Waals surface area contributed by atoms with Gasteiger partial charge in [-0.25, -0.2) is 0 Å². The molecule has 0 rings (SSSR count). The Bertz CT molecular complexity index is 1050. The van der Waals surface area contributed by atoms with Gasteiger partial charge in [-0.05, 0) is 25.7 Å². The molecule has 0 aliphatic rings. The molecule has 0 aromatic carbocycles. The molecular weight excluding hydrogens is 899 g/mol. The fourth-order valence-electron chi connectivity index (χ4n) is 11.0. The second-order valence-electron chi connectivity index (χ2n) is 23.5. The van der Waals surface area contributed by atoms with E-state index < -0.39 is 12.1 Å². The third-order valence-electron chi connectivity index (χ3n) is 16.2. The van der Waals surface area contributed by atoms with Crippen LogP contribution in [-0.4, -0.2) is 47.4 Å². The summed E-state index contributed by atoms with van der Waals surface area (Å²) in [5.41, 5.74) is 0. The molecule has 0 aliphatic carbocycles. The van der Waals surface area contributed by atoms with Crippen LogP contribution in [0.15, 0.2) is 0 Å². The molecular formula is C67H133NO5. The molecule has 0 heterocycles. The van der Waals surface area contributed by atoms with Crippen molar-refractivity contribution in [2.75, 3.05) is 13.2 Å². The number of unbranched alkanes of at least 4 members (excludes halogenated alkanes) is 53. The molecule has 0 saturated carbocycles. The summed E-state index contributed by atoms with van der Waals surface area (Å²) in [4.78, 5) is 24.6. The summed E-state index contributed by atoms with van der Waals surface area (Å²) in [5.74, 6) is -0.00953. The average Bonchev–Trinajstić information content (AvgIpc) is 3.39. The van der Waals surface area contributed by atoms with Crippen molar-refractivity contribution in [2.24, 2.45) is 0 Å². The molecule has 0 fully saturated rings. The normalized spacial score (nSPS) is 12.4. The van der Waals surface area contributed by atoms with Crippen LogP contribution in [0.3, 0.4) is 0 Å². The van der Waals surface area contributed by atoms with Crippen LogP contribution < -0.4 is 5.32 Å². The lowest BCUT2D eigenvalue weighted by Gasteiger charge is -2.22. The van der Waals surface area contributed by atoms with Gasteiger partial charge in [0, 0.05) is 12.8 Å². The SMILES string of the molecule is CCCCCCCCCCCCCCCCCCCCC(O)C(CO)NC(=O)CCCCCCCCCCCCCCCCCCCCCCCCCCCOC(=O)CCCCCCCCCCCCCCC. The van der Waals surface area contributed by atoms with Crippen LogP contribution in [0.25, 0.3) is 0 Å². The topological polar surface area (TPSA) is 95.9 Å². The van der Waals surface area contributed by atoms with Crippen molar-refractivity contribution < 1.29 is 24.5 Å². The molecule has 0 aromatic rings. The van der Waals surface area contributed by atoms with Gasteiger partial charge < -0.3 is 20.3 Å². The predicted octanol–water partition coefficient (Wildman–Crippen LogP) is 21.4. The second kappa shape index (κ2) is 63.4. The van der Waals surface area contributed by atoms with Crippen molar-refractivity contribution in [1.82, 2.24) is 5.32 Å². The van der Waals surface area contributed by atoms with Crippen molar-refractivity contribution in [3.8, 4) is 0 Å². The van der Waals surface area contributed by atoms with Crippen molar-refractivity contribution in [1.29, 1.82) is 0 Å².